The first kappa shape index (κ1) is 18.3. The minimum atomic E-state index is -0.673. The highest BCUT2D eigenvalue weighted by Crippen LogP contribution is 2.29. The first-order valence-electron chi connectivity index (χ1n) is 8.44. The predicted octanol–water partition coefficient (Wildman–Crippen LogP) is 1.29. The molecular formula is C18H21ClN4O3. The molecular weight excluding hydrogens is 356 g/mol. The average molecular weight is 377 g/mol. The molecule has 1 aromatic carbocycles. The number of H-pyrrole nitrogens is 1. The zero-order valence-electron chi connectivity index (χ0n) is 14.7. The molecule has 1 fully saturated rings. The molecule has 0 saturated carbocycles. The fourth-order valence-corrected chi connectivity index (χ4v) is 3.37. The Labute approximate surface area is 155 Å². The average Bonchev–Trinajstić information content (AvgIpc) is 3.07. The quantitative estimate of drug-likeness (QED) is 0.841. The van der Waals surface area contributed by atoms with Crippen molar-refractivity contribution in [3.8, 4) is 0 Å². The topological polar surface area (TPSA) is 87.2 Å². The van der Waals surface area contributed by atoms with Gasteiger partial charge in [-0.3, -0.25) is 14.6 Å². The van der Waals surface area contributed by atoms with Gasteiger partial charge in [-0.1, -0.05) is 17.7 Å². The zero-order chi connectivity index (χ0) is 18.8. The number of aryl methyl sites for hydroxylation is 2. The van der Waals surface area contributed by atoms with Crippen molar-refractivity contribution in [2.45, 2.75) is 13.3 Å². The number of benzene rings is 1. The SMILES string of the molecule is Cc1ccc(Cl)cc1N1CCC(CNC(=O)c2cn(C)c(=O)[nH]c2=O)C1. The van der Waals surface area contributed by atoms with Crippen molar-refractivity contribution in [3.63, 3.8) is 0 Å². The molecule has 0 radical (unpaired) electrons. The number of aromatic amines is 1. The van der Waals surface area contributed by atoms with Crippen LogP contribution in [0.15, 0.2) is 34.0 Å². The molecule has 2 aromatic rings. The van der Waals surface area contributed by atoms with E-state index >= 15 is 0 Å². The molecule has 1 saturated heterocycles. The molecule has 1 atom stereocenters. The van der Waals surface area contributed by atoms with Crippen LogP contribution < -0.4 is 21.5 Å². The van der Waals surface area contributed by atoms with E-state index in [0.717, 1.165) is 30.8 Å². The van der Waals surface area contributed by atoms with Gasteiger partial charge in [-0.15, -0.1) is 0 Å². The van der Waals surface area contributed by atoms with E-state index in [4.69, 9.17) is 11.6 Å². The highest BCUT2D eigenvalue weighted by atomic mass is 35.5. The molecule has 0 aliphatic carbocycles. The van der Waals surface area contributed by atoms with Gasteiger partial charge in [0.1, 0.15) is 5.56 Å². The third kappa shape index (κ3) is 3.83. The van der Waals surface area contributed by atoms with Crippen LogP contribution >= 0.6 is 11.6 Å². The van der Waals surface area contributed by atoms with E-state index in [2.05, 4.69) is 15.2 Å². The Morgan fingerprint density at radius 2 is 2.15 bits per heavy atom. The van der Waals surface area contributed by atoms with Crippen molar-refractivity contribution < 1.29 is 4.79 Å². The first-order valence-corrected chi connectivity index (χ1v) is 8.82. The van der Waals surface area contributed by atoms with Gasteiger partial charge in [-0.05, 0) is 37.0 Å². The highest BCUT2D eigenvalue weighted by molar-refractivity contribution is 6.30. The van der Waals surface area contributed by atoms with Crippen LogP contribution in [-0.4, -0.2) is 35.1 Å². The number of carbonyl (C=O) groups is 1. The summed E-state index contributed by atoms with van der Waals surface area (Å²) in [4.78, 5) is 39.8. The number of nitrogens with one attached hydrogen (secondary N) is 2. The lowest BCUT2D eigenvalue weighted by Crippen LogP contribution is -2.38. The molecule has 0 bridgehead atoms. The molecule has 2 N–H and O–H groups in total. The van der Waals surface area contributed by atoms with Gasteiger partial charge in [-0.2, -0.15) is 0 Å². The molecule has 1 aromatic heterocycles. The zero-order valence-corrected chi connectivity index (χ0v) is 15.5. The van der Waals surface area contributed by atoms with Gasteiger partial charge in [0, 0.05) is 43.6 Å². The molecule has 3 rings (SSSR count). The summed E-state index contributed by atoms with van der Waals surface area (Å²) in [7, 11) is 1.48. The summed E-state index contributed by atoms with van der Waals surface area (Å²) < 4.78 is 1.18. The maximum Gasteiger partial charge on any atom is 0.328 e. The number of anilines is 1. The second-order valence-electron chi connectivity index (χ2n) is 6.65. The van der Waals surface area contributed by atoms with Crippen molar-refractivity contribution >= 4 is 23.2 Å². The number of nitrogens with zero attached hydrogens (tertiary/aromatic N) is 2. The Kier molecular flexibility index (Phi) is 5.18. The standard InChI is InChI=1S/C18H21ClN4O3/c1-11-3-4-13(19)7-15(11)23-6-5-12(9-23)8-20-16(24)14-10-22(2)18(26)21-17(14)25/h3-4,7,10,12H,5-6,8-9H2,1-2H3,(H,20,24)(H,21,25,26). The van der Waals surface area contributed by atoms with Crippen molar-refractivity contribution in [2.75, 3.05) is 24.5 Å². The summed E-state index contributed by atoms with van der Waals surface area (Å²) in [6.45, 7) is 4.22. The summed E-state index contributed by atoms with van der Waals surface area (Å²) in [6, 6.07) is 5.83. The second-order valence-corrected chi connectivity index (χ2v) is 7.09. The van der Waals surface area contributed by atoms with Gasteiger partial charge < -0.3 is 14.8 Å². The molecule has 1 amide bonds. The van der Waals surface area contributed by atoms with Gasteiger partial charge >= 0.3 is 5.69 Å². The molecule has 1 aliphatic heterocycles. The number of rotatable bonds is 4. The number of aromatic nitrogens is 2. The van der Waals surface area contributed by atoms with E-state index in [9.17, 15) is 14.4 Å². The lowest BCUT2D eigenvalue weighted by atomic mass is 10.1. The number of halogens is 1. The molecule has 7 nitrogen and oxygen atoms in total. The molecule has 1 aliphatic rings. The van der Waals surface area contributed by atoms with Gasteiger partial charge in [0.25, 0.3) is 11.5 Å². The van der Waals surface area contributed by atoms with Gasteiger partial charge in [0.15, 0.2) is 0 Å². The predicted molar refractivity (Wildman–Crippen MR) is 101 cm³/mol. The van der Waals surface area contributed by atoms with Crippen LogP contribution in [0.4, 0.5) is 5.69 Å². The summed E-state index contributed by atoms with van der Waals surface area (Å²) in [6.07, 6.45) is 2.20. The fraction of sp³-hybridized carbons (Fsp3) is 0.389. The second kappa shape index (κ2) is 7.37. The number of hydrogen-bond donors (Lipinski definition) is 2. The van der Waals surface area contributed by atoms with Gasteiger partial charge in [0.2, 0.25) is 0 Å². The van der Waals surface area contributed by atoms with Gasteiger partial charge in [0.05, 0.1) is 0 Å². The van der Waals surface area contributed by atoms with E-state index in [1.54, 1.807) is 0 Å². The first-order chi connectivity index (χ1) is 12.3. The molecule has 2 heterocycles. The number of amides is 1. The van der Waals surface area contributed by atoms with Crippen LogP contribution in [0, 0.1) is 12.8 Å². The summed E-state index contributed by atoms with van der Waals surface area (Å²) >= 11 is 6.10. The van der Waals surface area contributed by atoms with Crippen molar-refractivity contribution in [1.82, 2.24) is 14.9 Å². The minimum Gasteiger partial charge on any atom is -0.371 e. The van der Waals surface area contributed by atoms with E-state index in [1.807, 2.05) is 25.1 Å². The van der Waals surface area contributed by atoms with E-state index in [1.165, 1.54) is 17.8 Å². The maximum atomic E-state index is 12.3. The van der Waals surface area contributed by atoms with E-state index < -0.39 is 17.2 Å². The van der Waals surface area contributed by atoms with Crippen molar-refractivity contribution in [1.29, 1.82) is 0 Å². The van der Waals surface area contributed by atoms with Crippen molar-refractivity contribution in [2.24, 2.45) is 13.0 Å². The third-order valence-corrected chi connectivity index (χ3v) is 4.94. The smallest absolute Gasteiger partial charge is 0.328 e. The van der Waals surface area contributed by atoms with Crippen LogP contribution in [-0.2, 0) is 7.05 Å². The highest BCUT2D eigenvalue weighted by Gasteiger charge is 2.24. The van der Waals surface area contributed by atoms with Crippen LogP contribution in [0.2, 0.25) is 5.02 Å². The molecule has 138 valence electrons. The molecule has 8 heteroatoms. The summed E-state index contributed by atoms with van der Waals surface area (Å²) in [5.74, 6) is -0.191. The van der Waals surface area contributed by atoms with Gasteiger partial charge in [-0.25, -0.2) is 4.79 Å². The van der Waals surface area contributed by atoms with Crippen LogP contribution in [0.25, 0.3) is 0 Å². The third-order valence-electron chi connectivity index (χ3n) is 4.70. The Bertz CT molecular complexity index is 950. The maximum absolute atomic E-state index is 12.3. The summed E-state index contributed by atoms with van der Waals surface area (Å²) in [5.41, 5.74) is 0.993. The van der Waals surface area contributed by atoms with Crippen LogP contribution in [0.3, 0.4) is 0 Å². The molecule has 26 heavy (non-hydrogen) atoms. The minimum absolute atomic E-state index is 0.0624. The van der Waals surface area contributed by atoms with Crippen LogP contribution in [0.1, 0.15) is 22.3 Å². The fourth-order valence-electron chi connectivity index (χ4n) is 3.20. The Morgan fingerprint density at radius 1 is 1.38 bits per heavy atom. The lowest BCUT2D eigenvalue weighted by molar-refractivity contribution is 0.0945. The largest absolute Gasteiger partial charge is 0.371 e. The van der Waals surface area contributed by atoms with Crippen molar-refractivity contribution in [3.05, 3.63) is 61.4 Å². The monoisotopic (exact) mass is 376 g/mol. The lowest BCUT2D eigenvalue weighted by Gasteiger charge is -2.21. The Morgan fingerprint density at radius 3 is 2.92 bits per heavy atom. The van der Waals surface area contributed by atoms with E-state index in [-0.39, 0.29) is 11.5 Å². The number of carbonyl (C=O) groups excluding carboxylic acids is 1. The molecule has 1 unspecified atom stereocenters. The Balaban J connectivity index is 1.62. The normalized spacial score (nSPS) is 16.7. The van der Waals surface area contributed by atoms with E-state index in [0.29, 0.717) is 11.6 Å². The molecule has 0 spiro atoms. The van der Waals surface area contributed by atoms with Crippen LogP contribution in [0.5, 0.6) is 0 Å². The Hall–Kier alpha value is -2.54. The number of hydrogen-bond acceptors (Lipinski definition) is 4. The summed E-state index contributed by atoms with van der Waals surface area (Å²) in [5, 5.41) is 3.50.